The zero-order valence-corrected chi connectivity index (χ0v) is 74.9. The van der Waals surface area contributed by atoms with Gasteiger partial charge in [0, 0.05) is 103 Å². The zero-order valence-electron chi connectivity index (χ0n) is 74.9. The average molecular weight is 1590 g/mol. The molecule has 3 rings (SSSR count). The molecule has 7 N–H and O–H groups in total. The van der Waals surface area contributed by atoms with Crippen molar-refractivity contribution in [3.8, 4) is 11.1 Å². The number of rotatable bonds is 68. The predicted molar refractivity (Wildman–Crippen MR) is 463 cm³/mol. The van der Waals surface area contributed by atoms with Crippen molar-refractivity contribution in [2.45, 2.75) is 360 Å². The average Bonchev–Trinajstić information content (AvgIpc) is 1.62. The Labute approximate surface area is 687 Å². The zero-order chi connectivity index (χ0) is 83.9. The molecule has 0 saturated heterocycles. The predicted octanol–water partition coefficient (Wildman–Crippen LogP) is 18.7. The first-order chi connectivity index (χ1) is 53.3. The Bertz CT molecular complexity index is 2980. The Morgan fingerprint density at radius 3 is 0.965 bits per heavy atom. The summed E-state index contributed by atoms with van der Waals surface area (Å²) in [4.78, 5) is 93.9. The first-order valence-electron chi connectivity index (χ1n) is 44.4. The minimum atomic E-state index is -1.04. The van der Waals surface area contributed by atoms with Gasteiger partial charge in [-0.15, -0.1) is 0 Å². The molecule has 2 aromatic rings. The number of carbonyl (C=O) groups excluding carboxylic acids is 7. The Morgan fingerprint density at radius 1 is 0.327 bits per heavy atom. The molecular formula is C94H165N7O12. The van der Waals surface area contributed by atoms with Crippen molar-refractivity contribution in [2.24, 2.45) is 32.5 Å². The lowest BCUT2D eigenvalue weighted by Gasteiger charge is -2.33. The third-order valence-electron chi connectivity index (χ3n) is 21.5. The van der Waals surface area contributed by atoms with Crippen LogP contribution in [0.3, 0.4) is 0 Å². The fourth-order valence-electron chi connectivity index (χ4n) is 13.9. The highest BCUT2D eigenvalue weighted by Crippen LogP contribution is 2.44. The second-order valence-electron chi connectivity index (χ2n) is 39.2. The highest BCUT2D eigenvalue weighted by Gasteiger charge is 2.34. The summed E-state index contributed by atoms with van der Waals surface area (Å²) in [7, 11) is 0. The normalized spacial score (nSPS) is 13.3. The lowest BCUT2D eigenvalue weighted by molar-refractivity contribution is -0.132. The molecule has 1 aliphatic carbocycles. The third-order valence-corrected chi connectivity index (χ3v) is 21.5. The number of fused-ring (bicyclic) bond motifs is 3. The van der Waals surface area contributed by atoms with Crippen LogP contribution in [0.5, 0.6) is 0 Å². The molecule has 113 heavy (non-hydrogen) atoms. The van der Waals surface area contributed by atoms with Crippen LogP contribution in [0.25, 0.3) is 11.1 Å². The maximum atomic E-state index is 14.2. The van der Waals surface area contributed by atoms with E-state index in [9.17, 15) is 33.6 Å². The summed E-state index contributed by atoms with van der Waals surface area (Å²) >= 11 is 0. The molecule has 0 aliphatic heterocycles. The second kappa shape index (κ2) is 53.8. The van der Waals surface area contributed by atoms with E-state index in [1.165, 1.54) is 164 Å². The monoisotopic (exact) mass is 1580 g/mol. The number of hydrogen-bond donors (Lipinski definition) is 7. The summed E-state index contributed by atoms with van der Waals surface area (Å²) < 4.78 is 31.4. The van der Waals surface area contributed by atoms with Crippen molar-refractivity contribution in [1.29, 1.82) is 0 Å². The Balaban J connectivity index is 1.44. The standard InChI is InChI=1S/C94H165N7O12/c1-19-21-23-25-27-29-31-33-35-37-39-41-43-53-80(102)95-62-87(3,4)68-110-70-89(7,8)64-98-84(106)59-93(15,16)112-72-91(11,12)66-97-82(104)56-55-79(101-83(105)57-58-109-61-78-76-51-47-45-49-74(76)75-50-46-48-52-77(75)78)86(108)100-67-92(13,14)73-113-94(17,18)60-85(107)99-65-90(9,10)71-111-69-88(5,6)63-96-81(103)54-44-42-40-38-36-34-32-30-28-26-24-22-20-2/h45-52,78-79H,19-44,53-73H2,1-18H3,(H,95,102)(H,96,103)(H,97,104)(H,98,106)(H,99,107)(H,100,108)(H,101,105)/t79-/m0/s1. The van der Waals surface area contributed by atoms with Crippen LogP contribution in [-0.4, -0.2) is 151 Å². The summed E-state index contributed by atoms with van der Waals surface area (Å²) in [6, 6.07) is 15.6. The first-order valence-corrected chi connectivity index (χ1v) is 44.4. The number of nitrogens with one attached hydrogen (secondary N) is 7. The molecule has 0 heterocycles. The van der Waals surface area contributed by atoms with E-state index in [0.29, 0.717) is 72.1 Å². The maximum absolute atomic E-state index is 14.2. The molecule has 0 fully saturated rings. The van der Waals surface area contributed by atoms with Crippen LogP contribution in [0, 0.1) is 32.5 Å². The van der Waals surface area contributed by atoms with E-state index < -0.39 is 34.0 Å². The topological polar surface area (TPSA) is 250 Å². The second-order valence-corrected chi connectivity index (χ2v) is 39.2. The fraction of sp³-hybridized carbons (Fsp3) is 0.798. The lowest BCUT2D eigenvalue weighted by atomic mass is 9.92. The number of carbonyl (C=O) groups is 7. The molecule has 0 spiro atoms. The van der Waals surface area contributed by atoms with Crippen molar-refractivity contribution in [3.63, 3.8) is 0 Å². The van der Waals surface area contributed by atoms with Gasteiger partial charge in [0.25, 0.3) is 0 Å². The Kier molecular flexibility index (Phi) is 48.4. The van der Waals surface area contributed by atoms with Crippen molar-refractivity contribution in [2.75, 3.05) is 92.1 Å². The smallest absolute Gasteiger partial charge is 0.242 e. The summed E-state index contributed by atoms with van der Waals surface area (Å²) in [5.41, 5.74) is 0.676. The van der Waals surface area contributed by atoms with Gasteiger partial charge in [-0.3, -0.25) is 33.6 Å². The molecule has 0 unspecified atom stereocenters. The fourth-order valence-corrected chi connectivity index (χ4v) is 13.9. The number of hydrogen-bond acceptors (Lipinski definition) is 12. The molecule has 19 heteroatoms. The van der Waals surface area contributed by atoms with Crippen molar-refractivity contribution < 1.29 is 57.2 Å². The van der Waals surface area contributed by atoms with E-state index in [4.69, 9.17) is 23.7 Å². The van der Waals surface area contributed by atoms with Gasteiger partial charge < -0.3 is 60.9 Å². The largest absolute Gasteiger partial charge is 0.380 e. The lowest BCUT2D eigenvalue weighted by Crippen LogP contribution is -2.50. The van der Waals surface area contributed by atoms with Gasteiger partial charge in [-0.05, 0) is 69.2 Å². The molecule has 2 aromatic carbocycles. The van der Waals surface area contributed by atoms with Gasteiger partial charge >= 0.3 is 0 Å². The summed E-state index contributed by atoms with van der Waals surface area (Å²) in [5, 5.41) is 21.4. The van der Waals surface area contributed by atoms with Gasteiger partial charge in [0.05, 0.1) is 76.9 Å². The molecular weight excluding hydrogens is 1420 g/mol. The Morgan fingerprint density at radius 2 is 0.619 bits per heavy atom. The highest BCUT2D eigenvalue weighted by atomic mass is 16.5. The maximum Gasteiger partial charge on any atom is 0.242 e. The van der Waals surface area contributed by atoms with Gasteiger partial charge in [0.2, 0.25) is 41.4 Å². The first kappa shape index (κ1) is 102. The van der Waals surface area contributed by atoms with Gasteiger partial charge in [-0.25, -0.2) is 0 Å². The van der Waals surface area contributed by atoms with Crippen LogP contribution in [0.1, 0.15) is 354 Å². The van der Waals surface area contributed by atoms with Crippen molar-refractivity contribution in [3.05, 3.63) is 59.7 Å². The van der Waals surface area contributed by atoms with Gasteiger partial charge in [0.15, 0.2) is 0 Å². The molecule has 0 aromatic heterocycles. The number of ether oxygens (including phenoxy) is 5. The summed E-state index contributed by atoms with van der Waals surface area (Å²) in [6.45, 7) is 41.4. The molecule has 0 saturated carbocycles. The molecule has 0 radical (unpaired) electrons. The molecule has 19 nitrogen and oxygen atoms in total. The van der Waals surface area contributed by atoms with Gasteiger partial charge in [-0.2, -0.15) is 0 Å². The van der Waals surface area contributed by atoms with Crippen LogP contribution < -0.4 is 37.2 Å². The summed E-state index contributed by atoms with van der Waals surface area (Å²) in [6.07, 6.45) is 34.4. The van der Waals surface area contributed by atoms with E-state index in [2.05, 4.69) is 117 Å². The minimum absolute atomic E-state index is 0.000447. The molecule has 648 valence electrons. The quantitative estimate of drug-likeness (QED) is 0.0306. The minimum Gasteiger partial charge on any atom is -0.380 e. The van der Waals surface area contributed by atoms with Crippen LogP contribution in [0.4, 0.5) is 0 Å². The van der Waals surface area contributed by atoms with Crippen LogP contribution in [0.15, 0.2) is 48.5 Å². The Hall–Kier alpha value is -5.47. The summed E-state index contributed by atoms with van der Waals surface area (Å²) in [5.74, 6) is -1.24. The molecule has 0 bridgehead atoms. The van der Waals surface area contributed by atoms with Gasteiger partial charge in [-0.1, -0.05) is 300 Å². The van der Waals surface area contributed by atoms with Crippen molar-refractivity contribution >= 4 is 41.4 Å². The molecule has 1 atom stereocenters. The molecule has 1 aliphatic rings. The van der Waals surface area contributed by atoms with E-state index in [-0.39, 0.29) is 128 Å². The van der Waals surface area contributed by atoms with E-state index >= 15 is 0 Å². The molecule has 7 amide bonds. The van der Waals surface area contributed by atoms with Gasteiger partial charge in [0.1, 0.15) is 6.04 Å². The third kappa shape index (κ3) is 48.7. The van der Waals surface area contributed by atoms with Crippen LogP contribution >= 0.6 is 0 Å². The van der Waals surface area contributed by atoms with Crippen LogP contribution in [0.2, 0.25) is 0 Å². The number of benzene rings is 2. The SMILES string of the molecule is CCCCCCCCCCCCCCCC(=O)NCC(C)(C)COCC(C)(C)CNC(=O)CC(C)(C)OCC(C)(C)CNC(=O)CC[C@H](NC(=O)CCOCC1c2ccccc2-c2ccccc21)C(=O)NCC(C)(C)COC(C)(C)CC(=O)NCC(C)(C)COCC(C)(C)CNC(=O)CCCCCCCCCCCCCCC. The van der Waals surface area contributed by atoms with Crippen LogP contribution in [-0.2, 0) is 57.2 Å². The highest BCUT2D eigenvalue weighted by molar-refractivity contribution is 5.88. The number of unbranched alkanes of at least 4 members (excludes halogenated alkanes) is 24. The van der Waals surface area contributed by atoms with E-state index in [0.717, 1.165) is 25.7 Å². The van der Waals surface area contributed by atoms with E-state index in [1.54, 1.807) is 0 Å². The number of amides is 7. The van der Waals surface area contributed by atoms with Crippen molar-refractivity contribution in [1.82, 2.24) is 37.2 Å². The van der Waals surface area contributed by atoms with E-state index in [1.807, 2.05) is 93.5 Å².